The summed E-state index contributed by atoms with van der Waals surface area (Å²) >= 11 is 0. The van der Waals surface area contributed by atoms with Gasteiger partial charge in [-0.3, -0.25) is 0 Å². The van der Waals surface area contributed by atoms with Gasteiger partial charge in [0.2, 0.25) is 0 Å². The first kappa shape index (κ1) is 26.1. The van der Waals surface area contributed by atoms with Gasteiger partial charge in [0.05, 0.1) is 19.8 Å². The molecule has 168 valence electrons. The summed E-state index contributed by atoms with van der Waals surface area (Å²) in [6.07, 6.45) is 13.4. The second-order valence-corrected chi connectivity index (χ2v) is 8.40. The van der Waals surface area contributed by atoms with E-state index in [0.717, 1.165) is 26.1 Å². The Hall–Kier alpha value is -0.940. The summed E-state index contributed by atoms with van der Waals surface area (Å²) in [7, 11) is 0. The first-order valence-corrected chi connectivity index (χ1v) is 11.9. The molecule has 0 aliphatic rings. The van der Waals surface area contributed by atoms with Crippen molar-refractivity contribution in [1.82, 2.24) is 0 Å². The van der Waals surface area contributed by atoms with Crippen molar-refractivity contribution >= 4 is 0 Å². The molecule has 1 aromatic carbocycles. The van der Waals surface area contributed by atoms with Crippen LogP contribution in [0.5, 0.6) is 0 Å². The van der Waals surface area contributed by atoms with Gasteiger partial charge in [0.1, 0.15) is 26.2 Å². The summed E-state index contributed by atoms with van der Waals surface area (Å²) in [5, 5.41) is 19.1. The summed E-state index contributed by atoms with van der Waals surface area (Å²) in [4.78, 5) is 0. The van der Waals surface area contributed by atoms with Gasteiger partial charge in [0.15, 0.2) is 0 Å². The topological polar surface area (TPSA) is 49.7 Å². The Balaban J connectivity index is 2.17. The number of hydrogen-bond acceptors (Lipinski definition) is 3. The van der Waals surface area contributed by atoms with E-state index in [0.29, 0.717) is 24.2 Å². The third-order valence-electron chi connectivity index (χ3n) is 5.86. The molecule has 0 atom stereocenters. The third-order valence-corrected chi connectivity index (χ3v) is 5.86. The highest BCUT2D eigenvalue weighted by Gasteiger charge is 2.26. The lowest BCUT2D eigenvalue weighted by Crippen LogP contribution is -2.52. The minimum absolute atomic E-state index is 0.130. The number of ether oxygens (including phenoxy) is 1. The second-order valence-electron chi connectivity index (χ2n) is 8.40. The maximum atomic E-state index is 9.57. The van der Waals surface area contributed by atoms with Crippen LogP contribution < -0.4 is 0 Å². The van der Waals surface area contributed by atoms with Crippen LogP contribution >= 0.6 is 0 Å². The quantitative estimate of drug-likeness (QED) is 0.238. The minimum Gasteiger partial charge on any atom is -0.391 e. The Morgan fingerprint density at radius 3 is 1.79 bits per heavy atom. The van der Waals surface area contributed by atoms with Gasteiger partial charge in [-0.2, -0.15) is 0 Å². The number of rotatable bonds is 20. The summed E-state index contributed by atoms with van der Waals surface area (Å²) in [5.41, 5.74) is 1.24. The summed E-state index contributed by atoms with van der Waals surface area (Å²) in [6, 6.07) is 10.3. The van der Waals surface area contributed by atoms with E-state index in [2.05, 4.69) is 19.1 Å². The molecule has 4 nitrogen and oxygen atoms in total. The Morgan fingerprint density at radius 2 is 1.24 bits per heavy atom. The lowest BCUT2D eigenvalue weighted by Gasteiger charge is -2.38. The second kappa shape index (κ2) is 17.9. The largest absolute Gasteiger partial charge is 0.391 e. The number of benzene rings is 1. The predicted octanol–water partition coefficient (Wildman–Crippen LogP) is 4.93. The molecule has 0 heterocycles. The SMILES string of the molecule is CCCCCCCCCCCCOCC[N+](CCO)(CCO)Cc1ccccc1. The number of unbranched alkanes of at least 4 members (excludes halogenated alkanes) is 9. The fourth-order valence-corrected chi connectivity index (χ4v) is 4.02. The first-order valence-electron chi connectivity index (χ1n) is 11.9. The maximum Gasteiger partial charge on any atom is 0.105 e. The Labute approximate surface area is 179 Å². The monoisotopic (exact) mass is 408 g/mol. The molecule has 2 N–H and O–H groups in total. The normalized spacial score (nSPS) is 11.8. The molecule has 1 rings (SSSR count). The molecule has 0 aliphatic heterocycles. The van der Waals surface area contributed by atoms with Crippen molar-refractivity contribution in [3.8, 4) is 0 Å². The van der Waals surface area contributed by atoms with Crippen molar-refractivity contribution in [2.45, 2.75) is 77.7 Å². The zero-order chi connectivity index (χ0) is 21.0. The molecule has 0 bridgehead atoms. The van der Waals surface area contributed by atoms with E-state index in [9.17, 15) is 10.2 Å². The lowest BCUT2D eigenvalue weighted by atomic mass is 10.1. The van der Waals surface area contributed by atoms with Crippen LogP contribution in [-0.2, 0) is 11.3 Å². The lowest BCUT2D eigenvalue weighted by molar-refractivity contribution is -0.941. The molecule has 1 aromatic rings. The van der Waals surface area contributed by atoms with Crippen molar-refractivity contribution in [1.29, 1.82) is 0 Å². The van der Waals surface area contributed by atoms with Crippen LogP contribution in [0.4, 0.5) is 0 Å². The maximum absolute atomic E-state index is 9.57. The first-order chi connectivity index (χ1) is 14.3. The van der Waals surface area contributed by atoms with E-state index in [1.807, 2.05) is 18.2 Å². The smallest absolute Gasteiger partial charge is 0.105 e. The van der Waals surface area contributed by atoms with Gasteiger partial charge < -0.3 is 19.4 Å². The standard InChI is InChI=1S/C25H46NO3/c1-2-3-4-5-6-7-8-9-10-14-22-29-23-19-26(17-20-27,18-21-28)24-25-15-12-11-13-16-25/h11-13,15-16,27-28H,2-10,14,17-24H2,1H3/q+1. The molecule has 0 fully saturated rings. The molecule has 4 heteroatoms. The van der Waals surface area contributed by atoms with Gasteiger partial charge in [-0.1, -0.05) is 95.0 Å². The van der Waals surface area contributed by atoms with E-state index in [4.69, 9.17) is 4.74 Å². The zero-order valence-electron chi connectivity index (χ0n) is 18.9. The number of aliphatic hydroxyl groups excluding tert-OH is 2. The van der Waals surface area contributed by atoms with E-state index >= 15 is 0 Å². The summed E-state index contributed by atoms with van der Waals surface area (Å²) < 4.78 is 6.59. The Bertz CT molecular complexity index is 460. The van der Waals surface area contributed by atoms with Gasteiger partial charge >= 0.3 is 0 Å². The fraction of sp³-hybridized carbons (Fsp3) is 0.760. The molecule has 0 saturated heterocycles. The van der Waals surface area contributed by atoms with Crippen molar-refractivity contribution in [3.63, 3.8) is 0 Å². The zero-order valence-corrected chi connectivity index (χ0v) is 18.9. The highest BCUT2D eigenvalue weighted by atomic mass is 16.5. The van der Waals surface area contributed by atoms with Crippen LogP contribution in [0.15, 0.2) is 30.3 Å². The van der Waals surface area contributed by atoms with Crippen molar-refractivity contribution in [2.75, 3.05) is 46.1 Å². The number of aliphatic hydroxyl groups is 2. The molecule has 0 aromatic heterocycles. The molecular weight excluding hydrogens is 362 g/mol. The fourth-order valence-electron chi connectivity index (χ4n) is 4.02. The molecule has 29 heavy (non-hydrogen) atoms. The van der Waals surface area contributed by atoms with Crippen LogP contribution in [0, 0.1) is 0 Å². The van der Waals surface area contributed by atoms with Crippen LogP contribution in [0.1, 0.15) is 76.7 Å². The van der Waals surface area contributed by atoms with Crippen molar-refractivity contribution in [3.05, 3.63) is 35.9 Å². The van der Waals surface area contributed by atoms with Crippen LogP contribution in [0.3, 0.4) is 0 Å². The Kier molecular flexibility index (Phi) is 16.1. The predicted molar refractivity (Wildman–Crippen MR) is 122 cm³/mol. The number of quaternary nitrogens is 1. The van der Waals surface area contributed by atoms with Gasteiger partial charge in [0.25, 0.3) is 0 Å². The van der Waals surface area contributed by atoms with Crippen LogP contribution in [0.2, 0.25) is 0 Å². The van der Waals surface area contributed by atoms with Gasteiger partial charge in [-0.05, 0) is 6.42 Å². The van der Waals surface area contributed by atoms with E-state index in [-0.39, 0.29) is 13.2 Å². The van der Waals surface area contributed by atoms with Gasteiger partial charge in [0, 0.05) is 12.2 Å². The van der Waals surface area contributed by atoms with E-state index in [1.165, 1.54) is 63.4 Å². The van der Waals surface area contributed by atoms with Gasteiger partial charge in [-0.25, -0.2) is 0 Å². The average molecular weight is 409 g/mol. The summed E-state index contributed by atoms with van der Waals surface area (Å²) in [6.45, 7) is 6.98. The van der Waals surface area contributed by atoms with Crippen molar-refractivity contribution in [2.24, 2.45) is 0 Å². The highest BCUT2D eigenvalue weighted by Crippen LogP contribution is 2.15. The molecule has 0 spiro atoms. The van der Waals surface area contributed by atoms with Gasteiger partial charge in [-0.15, -0.1) is 0 Å². The third kappa shape index (κ3) is 13.1. The van der Waals surface area contributed by atoms with E-state index in [1.54, 1.807) is 0 Å². The highest BCUT2D eigenvalue weighted by molar-refractivity contribution is 5.13. The minimum atomic E-state index is 0.130. The molecule has 0 aliphatic carbocycles. The molecule has 0 radical (unpaired) electrons. The van der Waals surface area contributed by atoms with E-state index < -0.39 is 0 Å². The summed E-state index contributed by atoms with van der Waals surface area (Å²) in [5.74, 6) is 0. The molecule has 0 amide bonds. The van der Waals surface area contributed by atoms with Crippen molar-refractivity contribution < 1.29 is 19.4 Å². The molecule has 0 unspecified atom stereocenters. The number of nitrogens with zero attached hydrogens (tertiary/aromatic N) is 1. The average Bonchev–Trinajstić information content (AvgIpc) is 2.72. The molecular formula is C25H46NO3+. The van der Waals surface area contributed by atoms with Crippen LogP contribution in [0.25, 0.3) is 0 Å². The Morgan fingerprint density at radius 1 is 0.690 bits per heavy atom. The van der Waals surface area contributed by atoms with Crippen LogP contribution in [-0.4, -0.2) is 60.8 Å². The number of hydrogen-bond donors (Lipinski definition) is 2. The molecule has 0 saturated carbocycles.